The number of hydrogen-bond donors (Lipinski definition) is 0. The largest absolute Gasteiger partial charge is 0.342 e. The van der Waals surface area contributed by atoms with Crippen molar-refractivity contribution in [3.05, 3.63) is 66.2 Å². The van der Waals surface area contributed by atoms with Gasteiger partial charge in [0.1, 0.15) is 0 Å². The lowest BCUT2D eigenvalue weighted by Gasteiger charge is -2.33. The normalized spacial score (nSPS) is 20.9. The average molecular weight is 362 g/mol. The van der Waals surface area contributed by atoms with Crippen molar-refractivity contribution in [3.8, 4) is 0 Å². The van der Waals surface area contributed by atoms with Crippen LogP contribution in [0.3, 0.4) is 0 Å². The van der Waals surface area contributed by atoms with Crippen molar-refractivity contribution in [2.24, 2.45) is 11.8 Å². The zero-order valence-corrected chi connectivity index (χ0v) is 15.6. The van der Waals surface area contributed by atoms with E-state index < -0.39 is 0 Å². The summed E-state index contributed by atoms with van der Waals surface area (Å²) in [6.07, 6.45) is 3.51. The third kappa shape index (κ3) is 4.05. The number of carbonyl (C=O) groups is 2. The molecule has 0 spiro atoms. The highest BCUT2D eigenvalue weighted by molar-refractivity contribution is 6.00. The van der Waals surface area contributed by atoms with Crippen LogP contribution < -0.4 is 4.90 Å². The molecule has 4 heteroatoms. The van der Waals surface area contributed by atoms with E-state index in [-0.39, 0.29) is 17.7 Å². The molecule has 2 heterocycles. The summed E-state index contributed by atoms with van der Waals surface area (Å²) in [5, 5.41) is 0. The van der Waals surface area contributed by atoms with Crippen LogP contribution in [-0.2, 0) is 16.0 Å². The summed E-state index contributed by atoms with van der Waals surface area (Å²) >= 11 is 0. The van der Waals surface area contributed by atoms with E-state index in [0.717, 1.165) is 38.0 Å². The zero-order chi connectivity index (χ0) is 18.6. The van der Waals surface area contributed by atoms with E-state index in [1.807, 2.05) is 41.3 Å². The summed E-state index contributed by atoms with van der Waals surface area (Å²) in [6.45, 7) is 2.13. The van der Waals surface area contributed by atoms with Gasteiger partial charge in [0, 0.05) is 31.7 Å². The standard InChI is InChI=1S/C23H26N2O2/c26-22-16-20(17-25(22)21-9-5-2-6-10-21)23(27)24-13-11-19(12-14-24)15-18-7-3-1-4-8-18/h1-10,19-20H,11-17H2/t20-/m0/s1. The van der Waals surface area contributed by atoms with E-state index in [9.17, 15) is 9.59 Å². The number of nitrogens with zero attached hydrogens (tertiary/aromatic N) is 2. The molecular formula is C23H26N2O2. The van der Waals surface area contributed by atoms with E-state index in [0.29, 0.717) is 18.9 Å². The molecule has 2 aromatic rings. The van der Waals surface area contributed by atoms with Crippen LogP contribution in [0.4, 0.5) is 5.69 Å². The van der Waals surface area contributed by atoms with Crippen molar-refractivity contribution in [1.29, 1.82) is 0 Å². The molecule has 4 nitrogen and oxygen atoms in total. The van der Waals surface area contributed by atoms with Crippen molar-refractivity contribution in [1.82, 2.24) is 4.90 Å². The number of hydrogen-bond acceptors (Lipinski definition) is 2. The molecule has 0 aromatic heterocycles. The fourth-order valence-corrected chi connectivity index (χ4v) is 4.29. The number of amides is 2. The van der Waals surface area contributed by atoms with Crippen molar-refractivity contribution in [2.75, 3.05) is 24.5 Å². The average Bonchev–Trinajstić information content (AvgIpc) is 3.11. The minimum Gasteiger partial charge on any atom is -0.342 e. The van der Waals surface area contributed by atoms with E-state index >= 15 is 0 Å². The maximum atomic E-state index is 12.9. The Morgan fingerprint density at radius 3 is 2.22 bits per heavy atom. The Labute approximate surface area is 160 Å². The molecule has 2 saturated heterocycles. The van der Waals surface area contributed by atoms with Gasteiger partial charge < -0.3 is 9.80 Å². The first-order valence-corrected chi connectivity index (χ1v) is 9.89. The fourth-order valence-electron chi connectivity index (χ4n) is 4.29. The lowest BCUT2D eigenvalue weighted by Crippen LogP contribution is -2.42. The first-order chi connectivity index (χ1) is 13.2. The Kier molecular flexibility index (Phi) is 5.23. The Balaban J connectivity index is 1.31. The Bertz CT molecular complexity index is 783. The van der Waals surface area contributed by atoms with E-state index in [2.05, 4.69) is 24.3 Å². The molecule has 2 amide bonds. The van der Waals surface area contributed by atoms with Gasteiger partial charge in [0.2, 0.25) is 11.8 Å². The van der Waals surface area contributed by atoms with E-state index in [4.69, 9.17) is 0 Å². The second kappa shape index (κ2) is 7.95. The molecule has 4 rings (SSSR count). The van der Waals surface area contributed by atoms with Crippen LogP contribution in [0.1, 0.15) is 24.8 Å². The quantitative estimate of drug-likeness (QED) is 0.835. The summed E-state index contributed by atoms with van der Waals surface area (Å²) in [6, 6.07) is 20.2. The minimum absolute atomic E-state index is 0.0542. The molecule has 0 bridgehead atoms. The second-order valence-corrected chi connectivity index (χ2v) is 7.70. The first kappa shape index (κ1) is 17.8. The highest BCUT2D eigenvalue weighted by Crippen LogP contribution is 2.28. The number of likely N-dealkylation sites (tertiary alicyclic amines) is 1. The number of piperidine rings is 1. The molecule has 1 atom stereocenters. The maximum Gasteiger partial charge on any atom is 0.228 e. The van der Waals surface area contributed by atoms with Crippen LogP contribution in [-0.4, -0.2) is 36.3 Å². The predicted molar refractivity (Wildman–Crippen MR) is 106 cm³/mol. The molecule has 27 heavy (non-hydrogen) atoms. The Morgan fingerprint density at radius 2 is 1.56 bits per heavy atom. The van der Waals surface area contributed by atoms with Crippen LogP contribution in [0.5, 0.6) is 0 Å². The summed E-state index contributed by atoms with van der Waals surface area (Å²) in [4.78, 5) is 29.1. The second-order valence-electron chi connectivity index (χ2n) is 7.70. The van der Waals surface area contributed by atoms with Gasteiger partial charge in [-0.2, -0.15) is 0 Å². The Hall–Kier alpha value is -2.62. The molecule has 0 radical (unpaired) electrons. The van der Waals surface area contributed by atoms with Gasteiger partial charge >= 0.3 is 0 Å². The summed E-state index contributed by atoms with van der Waals surface area (Å²) in [5.74, 6) is 0.643. The number of benzene rings is 2. The van der Waals surface area contributed by atoms with Crippen LogP contribution >= 0.6 is 0 Å². The lowest BCUT2D eigenvalue weighted by atomic mass is 9.89. The topological polar surface area (TPSA) is 40.6 Å². The van der Waals surface area contributed by atoms with Crippen LogP contribution in [0.2, 0.25) is 0 Å². The van der Waals surface area contributed by atoms with E-state index in [1.54, 1.807) is 4.90 Å². The fraction of sp³-hybridized carbons (Fsp3) is 0.391. The van der Waals surface area contributed by atoms with Crippen molar-refractivity contribution >= 4 is 17.5 Å². The van der Waals surface area contributed by atoms with E-state index in [1.165, 1.54) is 5.56 Å². The van der Waals surface area contributed by atoms with Crippen molar-refractivity contribution in [3.63, 3.8) is 0 Å². The highest BCUT2D eigenvalue weighted by atomic mass is 16.2. The molecule has 2 fully saturated rings. The molecule has 0 unspecified atom stereocenters. The molecule has 2 aliphatic heterocycles. The third-order valence-electron chi connectivity index (χ3n) is 5.84. The molecule has 0 N–H and O–H groups in total. The third-order valence-corrected chi connectivity index (χ3v) is 5.84. The zero-order valence-electron chi connectivity index (χ0n) is 15.6. The predicted octanol–water partition coefficient (Wildman–Crippen LogP) is 3.52. The molecule has 0 aliphatic carbocycles. The van der Waals surface area contributed by atoms with Gasteiger partial charge in [-0.3, -0.25) is 9.59 Å². The number of carbonyl (C=O) groups excluding carboxylic acids is 2. The number of rotatable bonds is 4. The first-order valence-electron chi connectivity index (χ1n) is 9.89. The molecule has 2 aliphatic rings. The van der Waals surface area contributed by atoms with Crippen molar-refractivity contribution < 1.29 is 9.59 Å². The Morgan fingerprint density at radius 1 is 0.926 bits per heavy atom. The van der Waals surface area contributed by atoms with Crippen LogP contribution in [0.25, 0.3) is 0 Å². The van der Waals surface area contributed by atoms with Gasteiger partial charge in [0.05, 0.1) is 5.92 Å². The van der Waals surface area contributed by atoms with Gasteiger partial charge in [-0.25, -0.2) is 0 Å². The van der Waals surface area contributed by atoms with Gasteiger partial charge in [-0.05, 0) is 42.9 Å². The maximum absolute atomic E-state index is 12.9. The highest BCUT2D eigenvalue weighted by Gasteiger charge is 2.38. The summed E-state index contributed by atoms with van der Waals surface area (Å²) < 4.78 is 0. The molecular weight excluding hydrogens is 336 g/mol. The van der Waals surface area contributed by atoms with Crippen LogP contribution in [0, 0.1) is 11.8 Å². The minimum atomic E-state index is -0.205. The smallest absolute Gasteiger partial charge is 0.228 e. The molecule has 0 saturated carbocycles. The number of anilines is 1. The van der Waals surface area contributed by atoms with Gasteiger partial charge in [-0.15, -0.1) is 0 Å². The van der Waals surface area contributed by atoms with Crippen LogP contribution in [0.15, 0.2) is 60.7 Å². The summed E-state index contributed by atoms with van der Waals surface area (Å²) in [5.41, 5.74) is 2.27. The lowest BCUT2D eigenvalue weighted by molar-refractivity contribution is -0.137. The monoisotopic (exact) mass is 362 g/mol. The number of para-hydroxylation sites is 1. The molecule has 2 aromatic carbocycles. The van der Waals surface area contributed by atoms with Gasteiger partial charge in [-0.1, -0.05) is 48.5 Å². The van der Waals surface area contributed by atoms with Gasteiger partial charge in [0.15, 0.2) is 0 Å². The SMILES string of the molecule is O=C([C@H]1CC(=O)N(c2ccccc2)C1)N1CCC(Cc2ccccc2)CC1. The van der Waals surface area contributed by atoms with Crippen molar-refractivity contribution in [2.45, 2.75) is 25.7 Å². The summed E-state index contributed by atoms with van der Waals surface area (Å²) in [7, 11) is 0. The molecule has 140 valence electrons. The van der Waals surface area contributed by atoms with Gasteiger partial charge in [0.25, 0.3) is 0 Å².